The van der Waals surface area contributed by atoms with Crippen molar-refractivity contribution in [3.8, 4) is 23.0 Å². The van der Waals surface area contributed by atoms with Gasteiger partial charge in [0, 0.05) is 51.9 Å². The van der Waals surface area contributed by atoms with Crippen molar-refractivity contribution >= 4 is 28.6 Å². The van der Waals surface area contributed by atoms with E-state index in [1.54, 1.807) is 40.6 Å². The standard InChI is InChI=1S/C49H46N2O6/c1-8-39(46(34-20-24-43(54-5)45(28-34)56-7)37-22-19-31(2)26-41(37)51-35-17-13-10-14-18-35)49(40-23-21-36(53-4)29-44(40)55-6)47-38(48(52)57-49)25-32(3)27-42(47)50-30-33-15-11-9-12-16-33/h8-29,50-51H,1,30H2,2-7H3. The normalized spacial score (nSPS) is 14.8. The number of nitrogens with one attached hydrogen (secondary N) is 2. The molecular weight excluding hydrogens is 713 g/mol. The second-order valence-electron chi connectivity index (χ2n) is 13.8. The predicted molar refractivity (Wildman–Crippen MR) is 227 cm³/mol. The minimum Gasteiger partial charge on any atom is -0.497 e. The highest BCUT2D eigenvalue weighted by atomic mass is 16.6. The molecule has 0 saturated carbocycles. The molecular formula is C49H46N2O6. The minimum atomic E-state index is -1.60. The fourth-order valence-corrected chi connectivity index (χ4v) is 7.64. The Kier molecular flexibility index (Phi) is 11.1. The van der Waals surface area contributed by atoms with Gasteiger partial charge in [-0.3, -0.25) is 0 Å². The summed E-state index contributed by atoms with van der Waals surface area (Å²) in [7, 11) is 6.42. The quantitative estimate of drug-likeness (QED) is 0.0839. The molecule has 1 heterocycles. The number of hydrogen-bond donors (Lipinski definition) is 2. The Bertz CT molecular complexity index is 2480. The Balaban J connectivity index is 1.64. The lowest BCUT2D eigenvalue weighted by Gasteiger charge is -2.36. The number of methoxy groups -OCH3 is 4. The van der Waals surface area contributed by atoms with Crippen molar-refractivity contribution in [2.24, 2.45) is 0 Å². The van der Waals surface area contributed by atoms with Gasteiger partial charge in [-0.25, -0.2) is 4.79 Å². The van der Waals surface area contributed by atoms with Crippen LogP contribution in [0.3, 0.4) is 0 Å². The Hall–Kier alpha value is -6.93. The Morgan fingerprint density at radius 1 is 0.702 bits per heavy atom. The van der Waals surface area contributed by atoms with E-state index < -0.39 is 11.6 Å². The topological polar surface area (TPSA) is 87.3 Å². The number of rotatable bonds is 14. The average molecular weight is 759 g/mol. The van der Waals surface area contributed by atoms with Crippen LogP contribution in [0.15, 0.2) is 146 Å². The number of carbonyl (C=O) groups excluding carboxylic acids is 1. The first-order valence-electron chi connectivity index (χ1n) is 18.7. The maximum Gasteiger partial charge on any atom is 0.340 e. The summed E-state index contributed by atoms with van der Waals surface area (Å²) in [5.74, 6) is 1.66. The summed E-state index contributed by atoms with van der Waals surface area (Å²) >= 11 is 0. The number of anilines is 3. The third-order valence-electron chi connectivity index (χ3n) is 10.2. The van der Waals surface area contributed by atoms with E-state index in [0.717, 1.165) is 50.5 Å². The van der Waals surface area contributed by atoms with Crippen LogP contribution in [-0.2, 0) is 16.9 Å². The van der Waals surface area contributed by atoms with Gasteiger partial charge in [-0.05, 0) is 96.3 Å². The highest BCUT2D eigenvalue weighted by Gasteiger charge is 2.53. The number of ether oxygens (including phenoxy) is 5. The molecule has 1 unspecified atom stereocenters. The zero-order valence-electron chi connectivity index (χ0n) is 33.1. The van der Waals surface area contributed by atoms with Gasteiger partial charge in [0.2, 0.25) is 0 Å². The summed E-state index contributed by atoms with van der Waals surface area (Å²) in [5.41, 5.74) is 8.47. The second kappa shape index (κ2) is 16.4. The molecule has 288 valence electrons. The summed E-state index contributed by atoms with van der Waals surface area (Å²) in [6.45, 7) is 9.00. The number of aryl methyl sites for hydroxylation is 2. The molecule has 6 aromatic carbocycles. The summed E-state index contributed by atoms with van der Waals surface area (Å²) < 4.78 is 30.3. The molecule has 1 aliphatic rings. The number of benzene rings is 6. The van der Waals surface area contributed by atoms with Gasteiger partial charge in [0.25, 0.3) is 0 Å². The summed E-state index contributed by atoms with van der Waals surface area (Å²) in [5, 5.41) is 7.36. The van der Waals surface area contributed by atoms with Gasteiger partial charge in [-0.15, -0.1) is 0 Å². The maximum absolute atomic E-state index is 14.6. The van der Waals surface area contributed by atoms with Crippen LogP contribution >= 0.6 is 0 Å². The first-order valence-corrected chi connectivity index (χ1v) is 18.7. The molecule has 2 N–H and O–H groups in total. The van der Waals surface area contributed by atoms with Crippen LogP contribution in [0, 0.1) is 13.8 Å². The Labute approximate surface area is 334 Å². The monoisotopic (exact) mass is 758 g/mol. The molecule has 0 saturated heterocycles. The fraction of sp³-hybridized carbons (Fsp3) is 0.163. The third kappa shape index (κ3) is 7.30. The molecule has 0 fully saturated rings. The van der Waals surface area contributed by atoms with Crippen LogP contribution in [-0.4, -0.2) is 34.4 Å². The molecule has 1 atom stereocenters. The largest absolute Gasteiger partial charge is 0.497 e. The molecule has 0 radical (unpaired) electrons. The minimum absolute atomic E-state index is 0.431. The highest BCUT2D eigenvalue weighted by Crippen LogP contribution is 2.56. The van der Waals surface area contributed by atoms with E-state index in [1.807, 2.05) is 91.9 Å². The zero-order valence-corrected chi connectivity index (χ0v) is 33.1. The molecule has 0 aromatic heterocycles. The first kappa shape index (κ1) is 38.3. The summed E-state index contributed by atoms with van der Waals surface area (Å²) in [6, 6.07) is 41.7. The highest BCUT2D eigenvalue weighted by molar-refractivity contribution is 6.02. The van der Waals surface area contributed by atoms with Crippen molar-refractivity contribution in [1.82, 2.24) is 0 Å². The van der Waals surface area contributed by atoms with Crippen molar-refractivity contribution in [3.05, 3.63) is 190 Å². The molecule has 7 rings (SSSR count). The smallest absolute Gasteiger partial charge is 0.340 e. The van der Waals surface area contributed by atoms with Gasteiger partial charge < -0.3 is 34.3 Å². The van der Waals surface area contributed by atoms with Crippen LogP contribution in [0.5, 0.6) is 23.0 Å². The van der Waals surface area contributed by atoms with Crippen molar-refractivity contribution < 1.29 is 28.5 Å². The number of para-hydroxylation sites is 1. The number of cyclic esters (lactones) is 1. The number of fused-ring (bicyclic) bond motifs is 1. The van der Waals surface area contributed by atoms with E-state index in [4.69, 9.17) is 23.7 Å². The molecule has 8 nitrogen and oxygen atoms in total. The van der Waals surface area contributed by atoms with Crippen LogP contribution in [0.25, 0.3) is 5.57 Å². The lowest BCUT2D eigenvalue weighted by Crippen LogP contribution is -2.32. The van der Waals surface area contributed by atoms with E-state index >= 15 is 0 Å². The van der Waals surface area contributed by atoms with Gasteiger partial charge in [0.05, 0.1) is 34.0 Å². The summed E-state index contributed by atoms with van der Waals surface area (Å²) in [6.07, 6.45) is 1.78. The molecule has 0 bridgehead atoms. The lowest BCUT2D eigenvalue weighted by molar-refractivity contribution is 0.0246. The van der Waals surface area contributed by atoms with Gasteiger partial charge in [-0.2, -0.15) is 0 Å². The first-order chi connectivity index (χ1) is 27.7. The molecule has 0 spiro atoms. The van der Waals surface area contributed by atoms with Gasteiger partial charge >= 0.3 is 5.97 Å². The van der Waals surface area contributed by atoms with Crippen molar-refractivity contribution in [1.29, 1.82) is 0 Å². The van der Waals surface area contributed by atoms with E-state index in [9.17, 15) is 4.79 Å². The van der Waals surface area contributed by atoms with Gasteiger partial charge in [0.1, 0.15) is 11.5 Å². The summed E-state index contributed by atoms with van der Waals surface area (Å²) in [4.78, 5) is 14.6. The number of carbonyl (C=O) groups is 1. The second-order valence-corrected chi connectivity index (χ2v) is 13.8. The zero-order chi connectivity index (χ0) is 40.1. The van der Waals surface area contributed by atoms with Crippen molar-refractivity contribution in [2.45, 2.75) is 26.0 Å². The van der Waals surface area contributed by atoms with Gasteiger partial charge in [-0.1, -0.05) is 79.4 Å². The van der Waals surface area contributed by atoms with Crippen LogP contribution in [0.2, 0.25) is 0 Å². The molecule has 6 aromatic rings. The predicted octanol–water partition coefficient (Wildman–Crippen LogP) is 10.8. The molecule has 1 aliphatic heterocycles. The van der Waals surface area contributed by atoms with E-state index in [0.29, 0.717) is 51.8 Å². The van der Waals surface area contributed by atoms with Crippen molar-refractivity contribution in [2.75, 3.05) is 39.1 Å². The fourth-order valence-electron chi connectivity index (χ4n) is 7.64. The molecule has 0 amide bonds. The molecule has 0 aliphatic carbocycles. The SMILES string of the molecule is C=CC(=C(c1ccc(OC)c(OC)c1)c1ccc(C)cc1Nc1ccccc1)C1(c2ccc(OC)cc2OC)OC(=O)c2cc(C)cc(NCc3ccccc3)c21. The van der Waals surface area contributed by atoms with E-state index in [1.165, 1.54) is 0 Å². The van der Waals surface area contributed by atoms with Crippen molar-refractivity contribution in [3.63, 3.8) is 0 Å². The average Bonchev–Trinajstić information content (AvgIpc) is 3.54. The maximum atomic E-state index is 14.6. The van der Waals surface area contributed by atoms with Gasteiger partial charge in [0.15, 0.2) is 17.1 Å². The molecule has 57 heavy (non-hydrogen) atoms. The molecule has 8 heteroatoms. The van der Waals surface area contributed by atoms with Crippen LogP contribution < -0.4 is 29.6 Å². The number of hydrogen-bond acceptors (Lipinski definition) is 8. The Morgan fingerprint density at radius 2 is 1.40 bits per heavy atom. The Morgan fingerprint density at radius 3 is 2.09 bits per heavy atom. The lowest BCUT2D eigenvalue weighted by atomic mass is 9.73. The number of esters is 1. The third-order valence-corrected chi connectivity index (χ3v) is 10.2. The van der Waals surface area contributed by atoms with Crippen LogP contribution in [0.4, 0.5) is 17.1 Å². The van der Waals surface area contributed by atoms with Crippen LogP contribution in [0.1, 0.15) is 49.3 Å². The van der Waals surface area contributed by atoms with E-state index in [2.05, 4.69) is 60.5 Å². The van der Waals surface area contributed by atoms with E-state index in [-0.39, 0.29) is 0 Å².